The molecule has 1 unspecified atom stereocenters. The molecule has 1 aromatic heterocycles. The molecule has 40 heavy (non-hydrogen) atoms. The average molecular weight is 558 g/mol. The molecule has 1 amide bonds. The Labute approximate surface area is 229 Å². The fraction of sp³-hybridized carbons (Fsp3) is 0.400. The fourth-order valence-corrected chi connectivity index (χ4v) is 6.01. The highest BCUT2D eigenvalue weighted by molar-refractivity contribution is 5.83. The number of hydrogen-bond donors (Lipinski definition) is 1. The Balaban J connectivity index is 1.40. The minimum absolute atomic E-state index is 0.00753. The molecule has 2 aliphatic carbocycles. The lowest BCUT2D eigenvalue weighted by Gasteiger charge is -2.32. The Hall–Kier alpha value is -3.66. The number of ether oxygens (including phenoxy) is 1. The molecule has 0 fully saturated rings. The van der Waals surface area contributed by atoms with Crippen LogP contribution in [0.5, 0.6) is 5.75 Å². The van der Waals surface area contributed by atoms with Crippen LogP contribution in [0.25, 0.3) is 5.69 Å². The van der Waals surface area contributed by atoms with E-state index in [-0.39, 0.29) is 24.7 Å². The van der Waals surface area contributed by atoms with Crippen molar-refractivity contribution in [3.05, 3.63) is 88.5 Å². The van der Waals surface area contributed by atoms with Gasteiger partial charge in [-0.3, -0.25) is 4.79 Å². The van der Waals surface area contributed by atoms with E-state index in [4.69, 9.17) is 4.74 Å². The Morgan fingerprint density at radius 1 is 1.20 bits per heavy atom. The zero-order valence-corrected chi connectivity index (χ0v) is 22.3. The Bertz CT molecular complexity index is 1410. The van der Waals surface area contributed by atoms with Gasteiger partial charge in [-0.1, -0.05) is 36.3 Å². The zero-order valence-electron chi connectivity index (χ0n) is 22.3. The first-order valence-corrected chi connectivity index (χ1v) is 13.3. The van der Waals surface area contributed by atoms with Crippen LogP contribution in [-0.4, -0.2) is 58.2 Å². The lowest BCUT2D eigenvalue weighted by Crippen LogP contribution is -2.46. The van der Waals surface area contributed by atoms with E-state index in [1.807, 2.05) is 6.92 Å². The molecule has 0 radical (unpaired) electrons. The van der Waals surface area contributed by atoms with E-state index in [0.717, 1.165) is 38.6 Å². The summed E-state index contributed by atoms with van der Waals surface area (Å²) in [6, 6.07) is 13.2. The van der Waals surface area contributed by atoms with Crippen molar-refractivity contribution < 1.29 is 32.2 Å². The topological polar surface area (TPSA) is 67.6 Å². The average Bonchev–Trinajstić information content (AvgIpc) is 3.56. The van der Waals surface area contributed by atoms with Crippen molar-refractivity contribution in [3.63, 3.8) is 0 Å². The van der Waals surface area contributed by atoms with Crippen LogP contribution in [-0.2, 0) is 17.6 Å². The molecule has 0 saturated heterocycles. The highest BCUT2D eigenvalue weighted by Gasteiger charge is 2.44. The van der Waals surface area contributed by atoms with E-state index in [1.165, 1.54) is 19.2 Å². The summed E-state index contributed by atoms with van der Waals surface area (Å²) in [6.45, 7) is 1.16. The minimum Gasteiger partial charge on any atom is -0.496 e. The zero-order chi connectivity index (χ0) is 28.6. The molecule has 0 saturated carbocycles. The maximum absolute atomic E-state index is 13.9. The molecule has 2 aliphatic rings. The van der Waals surface area contributed by atoms with Crippen LogP contribution in [0, 0.1) is 11.7 Å². The van der Waals surface area contributed by atoms with Gasteiger partial charge in [-0.2, -0.15) is 18.3 Å². The van der Waals surface area contributed by atoms with Gasteiger partial charge in [0.15, 0.2) is 6.10 Å². The minimum atomic E-state index is -4.84. The van der Waals surface area contributed by atoms with Crippen molar-refractivity contribution in [2.24, 2.45) is 5.92 Å². The van der Waals surface area contributed by atoms with E-state index in [1.54, 1.807) is 47.3 Å². The molecule has 3 aromatic rings. The van der Waals surface area contributed by atoms with Gasteiger partial charge < -0.3 is 14.7 Å². The molecule has 212 valence electrons. The van der Waals surface area contributed by atoms with E-state index in [9.17, 15) is 27.5 Å². The van der Waals surface area contributed by atoms with Gasteiger partial charge in [0.2, 0.25) is 5.91 Å². The van der Waals surface area contributed by atoms with Crippen molar-refractivity contribution in [2.75, 3.05) is 20.2 Å². The maximum atomic E-state index is 13.9. The van der Waals surface area contributed by atoms with E-state index < -0.39 is 30.7 Å². The predicted octanol–water partition coefficient (Wildman–Crippen LogP) is 5.38. The number of amides is 1. The quantitative estimate of drug-likeness (QED) is 0.298. The molecule has 1 N–H and O–H groups in total. The summed E-state index contributed by atoms with van der Waals surface area (Å²) in [6.07, 6.45) is -3.76. The third kappa shape index (κ3) is 5.37. The van der Waals surface area contributed by atoms with Gasteiger partial charge in [0.1, 0.15) is 11.6 Å². The third-order valence-electron chi connectivity index (χ3n) is 8.03. The van der Waals surface area contributed by atoms with Crippen LogP contribution >= 0.6 is 0 Å². The Morgan fingerprint density at radius 2 is 1.93 bits per heavy atom. The van der Waals surface area contributed by atoms with Gasteiger partial charge in [0, 0.05) is 24.4 Å². The van der Waals surface area contributed by atoms with Crippen LogP contribution in [0.4, 0.5) is 17.6 Å². The van der Waals surface area contributed by atoms with Crippen molar-refractivity contribution in [1.82, 2.24) is 14.7 Å². The molecule has 0 bridgehead atoms. The molecule has 6 nitrogen and oxygen atoms in total. The van der Waals surface area contributed by atoms with Crippen LogP contribution in [0.1, 0.15) is 42.5 Å². The lowest BCUT2D eigenvalue weighted by atomic mass is 9.79. The van der Waals surface area contributed by atoms with Crippen LogP contribution in [0.2, 0.25) is 0 Å². The van der Waals surface area contributed by atoms with Gasteiger partial charge in [0.05, 0.1) is 37.2 Å². The first kappa shape index (κ1) is 27.9. The lowest BCUT2D eigenvalue weighted by molar-refractivity contribution is -0.208. The largest absolute Gasteiger partial charge is 0.496 e. The summed E-state index contributed by atoms with van der Waals surface area (Å²) >= 11 is 0. The molecule has 0 spiro atoms. The fourth-order valence-electron chi connectivity index (χ4n) is 6.01. The Morgan fingerprint density at radius 3 is 2.62 bits per heavy atom. The van der Waals surface area contributed by atoms with E-state index in [2.05, 4.69) is 5.10 Å². The summed E-state index contributed by atoms with van der Waals surface area (Å²) in [7, 11) is 1.51. The number of carbonyl (C=O) groups is 1. The highest BCUT2D eigenvalue weighted by atomic mass is 19.4. The summed E-state index contributed by atoms with van der Waals surface area (Å²) < 4.78 is 60.6. The van der Waals surface area contributed by atoms with Crippen molar-refractivity contribution in [2.45, 2.75) is 50.8 Å². The summed E-state index contributed by atoms with van der Waals surface area (Å²) in [4.78, 5) is 15.0. The van der Waals surface area contributed by atoms with Gasteiger partial charge in [-0.05, 0) is 55.2 Å². The van der Waals surface area contributed by atoms with E-state index in [0.29, 0.717) is 25.0 Å². The van der Waals surface area contributed by atoms with Crippen LogP contribution in [0.3, 0.4) is 0 Å². The number of aliphatic hydroxyl groups excluding tert-OH is 1. The third-order valence-corrected chi connectivity index (χ3v) is 8.03. The number of aromatic nitrogens is 2. The number of rotatable bonds is 8. The molecule has 0 aliphatic heterocycles. The van der Waals surface area contributed by atoms with Gasteiger partial charge >= 0.3 is 6.18 Å². The number of nitrogens with zero attached hydrogens (tertiary/aromatic N) is 3. The second-order valence-electron chi connectivity index (χ2n) is 10.4. The summed E-state index contributed by atoms with van der Waals surface area (Å²) in [5.74, 6) is -0.905. The normalized spacial score (nSPS) is 19.3. The predicted molar refractivity (Wildman–Crippen MR) is 141 cm³/mol. The molecule has 1 heterocycles. The second kappa shape index (κ2) is 11.1. The van der Waals surface area contributed by atoms with Crippen LogP contribution < -0.4 is 4.74 Å². The number of aliphatic hydroxyl groups is 1. The van der Waals surface area contributed by atoms with Gasteiger partial charge in [0.25, 0.3) is 0 Å². The monoisotopic (exact) mass is 557 g/mol. The molecule has 2 aromatic carbocycles. The molecular formula is C30H31F4N3O3. The molecule has 3 atom stereocenters. The summed E-state index contributed by atoms with van der Waals surface area (Å²) in [5.41, 5.74) is 5.42. The number of allylic oxidation sites excluding steroid dienone is 1. The van der Waals surface area contributed by atoms with Crippen molar-refractivity contribution in [1.29, 1.82) is 0 Å². The SMILES string of the molecule is COc1ccccc1CCN(CC(O)C(F)(F)F)C(=O)[C@@H]1CCC2=C1[C@@H](C)c1cnn(-c3ccc(F)cc3)c1C2. The Kier molecular flexibility index (Phi) is 7.72. The number of para-hydroxylation sites is 1. The van der Waals surface area contributed by atoms with Gasteiger partial charge in [-0.25, -0.2) is 9.07 Å². The summed E-state index contributed by atoms with van der Waals surface area (Å²) in [5, 5.41) is 14.4. The highest BCUT2D eigenvalue weighted by Crippen LogP contribution is 2.47. The molecular weight excluding hydrogens is 526 g/mol. The maximum Gasteiger partial charge on any atom is 0.416 e. The number of methoxy groups -OCH3 is 1. The number of alkyl halides is 3. The first-order valence-electron chi connectivity index (χ1n) is 13.3. The van der Waals surface area contributed by atoms with Crippen molar-refractivity contribution in [3.8, 4) is 11.4 Å². The second-order valence-corrected chi connectivity index (χ2v) is 10.4. The number of carbonyl (C=O) groups excluding carboxylic acids is 1. The first-order chi connectivity index (χ1) is 19.1. The van der Waals surface area contributed by atoms with Crippen molar-refractivity contribution >= 4 is 5.91 Å². The number of halogens is 4. The standard InChI is InChI=1S/C30H31F4N3O3/c1-18-24-16-35-37(22-10-8-21(31)9-11-22)25(24)15-20-7-12-23(28(18)20)29(39)36(17-27(38)30(32,33)34)14-13-19-5-3-4-6-26(19)40-2/h3-6,8-11,16,18,23,27,38H,7,12-15,17H2,1-2H3/t18-,23+,27?/m0/s1. The molecule has 5 rings (SSSR count). The number of fused-ring (bicyclic) bond motifs is 1. The van der Waals surface area contributed by atoms with Crippen LogP contribution in [0.15, 0.2) is 65.9 Å². The van der Waals surface area contributed by atoms with Gasteiger partial charge in [-0.15, -0.1) is 0 Å². The smallest absolute Gasteiger partial charge is 0.416 e. The number of benzene rings is 2. The molecule has 10 heteroatoms. The number of hydrogen-bond acceptors (Lipinski definition) is 4. The van der Waals surface area contributed by atoms with E-state index >= 15 is 0 Å².